The molecule has 1 aromatic rings. The molecule has 138 valence electrons. The zero-order valence-electron chi connectivity index (χ0n) is 13.0. The van der Waals surface area contributed by atoms with E-state index in [1.54, 1.807) is 0 Å². The summed E-state index contributed by atoms with van der Waals surface area (Å²) < 4.78 is 24.5. The lowest BCUT2D eigenvalue weighted by Crippen LogP contribution is -2.65. The van der Waals surface area contributed by atoms with Crippen LogP contribution in [0.5, 0.6) is 5.75 Å². The number of halogens is 1. The monoisotopic (exact) mass is 360 g/mol. The largest absolute Gasteiger partial charge is 0.459 e. The van der Waals surface area contributed by atoms with Crippen molar-refractivity contribution in [1.29, 1.82) is 0 Å². The van der Waals surface area contributed by atoms with Crippen LogP contribution < -0.4 is 10.1 Å². The predicted molar refractivity (Wildman–Crippen MR) is 79.0 cm³/mol. The summed E-state index contributed by atoms with van der Waals surface area (Å²) in [4.78, 5) is 21.1. The third kappa shape index (κ3) is 4.20. The number of amides is 1. The van der Waals surface area contributed by atoms with Crippen molar-refractivity contribution in [2.24, 2.45) is 0 Å². The number of benzene rings is 1. The highest BCUT2D eigenvalue weighted by Gasteiger charge is 2.46. The fourth-order valence-corrected chi connectivity index (χ4v) is 2.40. The molecule has 0 radical (unpaired) electrons. The lowest BCUT2D eigenvalue weighted by atomic mass is 9.97. The van der Waals surface area contributed by atoms with Crippen LogP contribution >= 0.6 is 0 Å². The van der Waals surface area contributed by atoms with E-state index in [9.17, 15) is 34.6 Å². The summed E-state index contributed by atoms with van der Waals surface area (Å²) in [6.07, 6.45) is -5.74. The van der Waals surface area contributed by atoms with Crippen molar-refractivity contribution in [1.82, 2.24) is 5.32 Å². The molecule has 11 heteroatoms. The summed E-state index contributed by atoms with van der Waals surface area (Å²) in [7, 11) is 0. The second-order valence-corrected chi connectivity index (χ2v) is 5.42. The van der Waals surface area contributed by atoms with Gasteiger partial charge in [0.05, 0.1) is 17.6 Å². The van der Waals surface area contributed by atoms with Gasteiger partial charge in [0.1, 0.15) is 24.4 Å². The average Bonchev–Trinajstić information content (AvgIpc) is 2.55. The number of hydrogen-bond acceptors (Lipinski definition) is 8. The third-order valence-corrected chi connectivity index (χ3v) is 3.62. The fourth-order valence-electron chi connectivity index (χ4n) is 2.40. The van der Waals surface area contributed by atoms with Crippen molar-refractivity contribution in [3.05, 3.63) is 34.1 Å². The second kappa shape index (κ2) is 7.70. The Bertz CT molecular complexity index is 658. The van der Waals surface area contributed by atoms with Gasteiger partial charge in [-0.2, -0.15) is 0 Å². The van der Waals surface area contributed by atoms with Crippen LogP contribution in [0.4, 0.5) is 10.1 Å². The fraction of sp³-hybridized carbons (Fsp3) is 0.500. The van der Waals surface area contributed by atoms with E-state index in [1.165, 1.54) is 0 Å². The highest BCUT2D eigenvalue weighted by Crippen LogP contribution is 2.28. The van der Waals surface area contributed by atoms with Crippen molar-refractivity contribution in [2.75, 3.05) is 6.61 Å². The molecule has 1 amide bonds. The Kier molecular flexibility index (Phi) is 5.85. The van der Waals surface area contributed by atoms with Crippen LogP contribution in [-0.4, -0.2) is 63.4 Å². The van der Waals surface area contributed by atoms with Crippen molar-refractivity contribution >= 4 is 11.6 Å². The molecular weight excluding hydrogens is 343 g/mol. The number of nitrogens with one attached hydrogen (secondary N) is 1. The first-order valence-corrected chi connectivity index (χ1v) is 7.24. The maximum absolute atomic E-state index is 14.0. The molecule has 0 bridgehead atoms. The van der Waals surface area contributed by atoms with Crippen LogP contribution in [0.3, 0.4) is 0 Å². The van der Waals surface area contributed by atoms with Gasteiger partial charge >= 0.3 is 0 Å². The molecule has 2 rings (SSSR count). The first-order chi connectivity index (χ1) is 11.7. The van der Waals surface area contributed by atoms with Crippen molar-refractivity contribution < 1.29 is 38.9 Å². The topological polar surface area (TPSA) is 151 Å². The molecule has 1 fully saturated rings. The number of non-ortho nitro benzene ring substituents is 1. The van der Waals surface area contributed by atoms with Crippen LogP contribution in [0.15, 0.2) is 18.2 Å². The molecule has 1 heterocycles. The molecule has 0 saturated carbocycles. The standard InChI is InChI=1S/C14H17FN2O8/c1-6(19)16-11-13(21)12(20)10(5-18)25-14(11)24-9-3-2-7(17(22)23)4-8(9)15/h2-4,10-14,18,20-21H,5H2,1H3,(H,16,19)/t10-,11-,12-,13-,14-/m1/s1. The first-order valence-electron chi connectivity index (χ1n) is 7.24. The molecule has 0 unspecified atom stereocenters. The smallest absolute Gasteiger partial charge is 0.272 e. The van der Waals surface area contributed by atoms with E-state index < -0.39 is 65.3 Å². The number of carbonyl (C=O) groups excluding carboxylic acids is 1. The van der Waals surface area contributed by atoms with Crippen LogP contribution in [0.25, 0.3) is 0 Å². The lowest BCUT2D eigenvalue weighted by molar-refractivity contribution is -0.385. The molecule has 0 spiro atoms. The van der Waals surface area contributed by atoms with Gasteiger partial charge in [-0.05, 0) is 6.07 Å². The summed E-state index contributed by atoms with van der Waals surface area (Å²) in [6, 6.07) is 1.38. The number of aliphatic hydroxyl groups excluding tert-OH is 3. The van der Waals surface area contributed by atoms with E-state index in [0.29, 0.717) is 6.07 Å². The van der Waals surface area contributed by atoms with E-state index in [0.717, 1.165) is 19.1 Å². The molecule has 0 aliphatic carbocycles. The predicted octanol–water partition coefficient (Wildman–Crippen LogP) is -0.944. The maximum Gasteiger partial charge on any atom is 0.272 e. The quantitative estimate of drug-likeness (QED) is 0.388. The molecule has 1 aliphatic rings. The Morgan fingerprint density at radius 3 is 2.64 bits per heavy atom. The first kappa shape index (κ1) is 19.0. The van der Waals surface area contributed by atoms with Crippen molar-refractivity contribution in [3.63, 3.8) is 0 Å². The molecule has 5 atom stereocenters. The molecule has 1 aromatic carbocycles. The zero-order chi connectivity index (χ0) is 18.7. The van der Waals surface area contributed by atoms with Crippen LogP contribution in [-0.2, 0) is 9.53 Å². The number of hydrogen-bond donors (Lipinski definition) is 4. The van der Waals surface area contributed by atoms with Crippen LogP contribution in [0.2, 0.25) is 0 Å². The number of nitro groups is 1. The van der Waals surface area contributed by atoms with E-state index in [4.69, 9.17) is 9.47 Å². The average molecular weight is 360 g/mol. The molecule has 25 heavy (non-hydrogen) atoms. The van der Waals surface area contributed by atoms with Crippen molar-refractivity contribution in [3.8, 4) is 5.75 Å². The molecule has 1 saturated heterocycles. The summed E-state index contributed by atoms with van der Waals surface area (Å²) in [5.74, 6) is -2.05. The van der Waals surface area contributed by atoms with Gasteiger partial charge in [0.15, 0.2) is 11.6 Å². The second-order valence-electron chi connectivity index (χ2n) is 5.42. The van der Waals surface area contributed by atoms with Crippen LogP contribution in [0, 0.1) is 15.9 Å². The number of rotatable bonds is 5. The number of nitro benzene ring substituents is 1. The highest BCUT2D eigenvalue weighted by atomic mass is 19.1. The molecule has 1 aliphatic heterocycles. The zero-order valence-corrected chi connectivity index (χ0v) is 13.0. The number of aliphatic hydroxyl groups is 3. The Labute approximate surface area is 140 Å². The molecule has 0 aromatic heterocycles. The Morgan fingerprint density at radius 1 is 1.44 bits per heavy atom. The summed E-state index contributed by atoms with van der Waals surface area (Å²) in [5.41, 5.74) is -0.489. The summed E-state index contributed by atoms with van der Waals surface area (Å²) >= 11 is 0. The molecule has 4 N–H and O–H groups in total. The Hall–Kier alpha value is -2.34. The van der Waals surface area contributed by atoms with E-state index in [-0.39, 0.29) is 0 Å². The SMILES string of the molecule is CC(=O)N[C@H]1[C@H](Oc2ccc([N+](=O)[O-])cc2F)O[C@H](CO)[C@@H](O)[C@@H]1O. The minimum Gasteiger partial charge on any atom is -0.459 e. The van der Waals surface area contributed by atoms with Crippen LogP contribution in [0.1, 0.15) is 6.92 Å². The maximum atomic E-state index is 14.0. The minimum absolute atomic E-state index is 0.425. The number of nitrogens with zero attached hydrogens (tertiary/aromatic N) is 1. The number of carbonyl (C=O) groups is 1. The van der Waals surface area contributed by atoms with E-state index >= 15 is 0 Å². The lowest BCUT2D eigenvalue weighted by Gasteiger charge is -2.42. The Morgan fingerprint density at radius 2 is 2.12 bits per heavy atom. The van der Waals surface area contributed by atoms with Gasteiger partial charge in [0.2, 0.25) is 12.2 Å². The van der Waals surface area contributed by atoms with Gasteiger partial charge in [-0.3, -0.25) is 14.9 Å². The van der Waals surface area contributed by atoms with Gasteiger partial charge < -0.3 is 30.1 Å². The highest BCUT2D eigenvalue weighted by molar-refractivity contribution is 5.73. The Balaban J connectivity index is 2.26. The number of ether oxygens (including phenoxy) is 2. The van der Waals surface area contributed by atoms with Gasteiger partial charge in [0, 0.05) is 13.0 Å². The summed E-state index contributed by atoms with van der Waals surface area (Å²) in [6.45, 7) is 0.494. The minimum atomic E-state index is -1.55. The normalized spacial score (nSPS) is 29.1. The molecule has 10 nitrogen and oxygen atoms in total. The van der Waals surface area contributed by atoms with Gasteiger partial charge in [-0.15, -0.1) is 0 Å². The van der Waals surface area contributed by atoms with E-state index in [1.807, 2.05) is 0 Å². The molecular formula is C14H17FN2O8. The van der Waals surface area contributed by atoms with Gasteiger partial charge in [0.25, 0.3) is 5.69 Å². The van der Waals surface area contributed by atoms with Crippen molar-refractivity contribution in [2.45, 2.75) is 37.6 Å². The summed E-state index contributed by atoms with van der Waals surface area (Å²) in [5, 5.41) is 42.1. The van der Waals surface area contributed by atoms with Gasteiger partial charge in [-0.1, -0.05) is 0 Å². The van der Waals surface area contributed by atoms with Gasteiger partial charge in [-0.25, -0.2) is 4.39 Å². The van der Waals surface area contributed by atoms with E-state index in [2.05, 4.69) is 5.32 Å². The third-order valence-electron chi connectivity index (χ3n) is 3.62.